The summed E-state index contributed by atoms with van der Waals surface area (Å²) >= 11 is 0. The third-order valence-corrected chi connectivity index (χ3v) is 3.85. The molecule has 3 rings (SSSR count). The van der Waals surface area contributed by atoms with Gasteiger partial charge in [-0.15, -0.1) is 0 Å². The molecule has 2 bridgehead atoms. The number of benzene rings is 1. The Labute approximate surface area is 102 Å². The van der Waals surface area contributed by atoms with Crippen LogP contribution in [-0.2, 0) is 11.3 Å². The number of aliphatic hydroxyl groups is 1. The van der Waals surface area contributed by atoms with Crippen molar-refractivity contribution < 1.29 is 9.84 Å². The Hall–Kier alpha value is -0.900. The summed E-state index contributed by atoms with van der Waals surface area (Å²) in [5.74, 6) is 0. The van der Waals surface area contributed by atoms with Gasteiger partial charge in [0.2, 0.25) is 0 Å². The van der Waals surface area contributed by atoms with Crippen LogP contribution in [0.2, 0.25) is 0 Å². The Morgan fingerprint density at radius 3 is 2.41 bits per heavy atom. The average molecular weight is 233 g/mol. The summed E-state index contributed by atoms with van der Waals surface area (Å²) in [6, 6.07) is 11.3. The van der Waals surface area contributed by atoms with E-state index in [9.17, 15) is 5.11 Å². The van der Waals surface area contributed by atoms with Crippen LogP contribution >= 0.6 is 0 Å². The quantitative estimate of drug-likeness (QED) is 0.838. The van der Waals surface area contributed by atoms with Gasteiger partial charge >= 0.3 is 0 Å². The number of fused-ring (bicyclic) bond motifs is 2. The summed E-state index contributed by atoms with van der Waals surface area (Å²) in [7, 11) is 0. The predicted octanol–water partition coefficient (Wildman–Crippen LogP) is 1.41. The van der Waals surface area contributed by atoms with Gasteiger partial charge in [0.25, 0.3) is 0 Å². The lowest BCUT2D eigenvalue weighted by atomic mass is 9.91. The second kappa shape index (κ2) is 4.77. The first-order valence-corrected chi connectivity index (χ1v) is 6.38. The third-order valence-electron chi connectivity index (χ3n) is 3.85. The van der Waals surface area contributed by atoms with Gasteiger partial charge in [-0.05, 0) is 18.4 Å². The molecule has 3 heteroatoms. The van der Waals surface area contributed by atoms with Crippen molar-refractivity contribution >= 4 is 0 Å². The summed E-state index contributed by atoms with van der Waals surface area (Å²) in [5.41, 5.74) is 1.35. The molecule has 0 aromatic heterocycles. The van der Waals surface area contributed by atoms with Crippen LogP contribution < -0.4 is 0 Å². The summed E-state index contributed by atoms with van der Waals surface area (Å²) in [5, 5.41) is 9.82. The van der Waals surface area contributed by atoms with Crippen molar-refractivity contribution in [2.45, 2.75) is 37.6 Å². The molecule has 2 aliphatic heterocycles. The number of nitrogens with zero attached hydrogens (tertiary/aromatic N) is 1. The normalized spacial score (nSPS) is 33.6. The van der Waals surface area contributed by atoms with Gasteiger partial charge in [0.1, 0.15) is 0 Å². The second-order valence-electron chi connectivity index (χ2n) is 5.13. The lowest BCUT2D eigenvalue weighted by Crippen LogP contribution is -2.57. The number of ether oxygens (including phenoxy) is 1. The molecule has 0 radical (unpaired) electrons. The molecule has 17 heavy (non-hydrogen) atoms. The zero-order chi connectivity index (χ0) is 11.7. The van der Waals surface area contributed by atoms with E-state index in [1.165, 1.54) is 5.56 Å². The van der Waals surface area contributed by atoms with Crippen LogP contribution in [0.25, 0.3) is 0 Å². The first-order valence-electron chi connectivity index (χ1n) is 6.38. The number of hydrogen-bond acceptors (Lipinski definition) is 3. The molecule has 0 spiro atoms. The molecule has 3 atom stereocenters. The van der Waals surface area contributed by atoms with E-state index in [0.29, 0.717) is 12.1 Å². The Morgan fingerprint density at radius 2 is 1.76 bits per heavy atom. The SMILES string of the molecule is O[C@@H]1CC2COC[C@@H](C1)N2Cc1ccccc1. The van der Waals surface area contributed by atoms with E-state index < -0.39 is 0 Å². The van der Waals surface area contributed by atoms with Crippen LogP contribution in [-0.4, -0.2) is 41.4 Å². The molecular formula is C14H19NO2. The second-order valence-corrected chi connectivity index (χ2v) is 5.13. The molecule has 1 unspecified atom stereocenters. The third kappa shape index (κ3) is 2.37. The molecule has 2 heterocycles. The molecule has 2 saturated heterocycles. The first kappa shape index (κ1) is 11.2. The van der Waals surface area contributed by atoms with Crippen molar-refractivity contribution in [3.8, 4) is 0 Å². The molecule has 0 saturated carbocycles. The van der Waals surface area contributed by atoms with Crippen LogP contribution in [0.1, 0.15) is 18.4 Å². The maximum absolute atomic E-state index is 9.82. The zero-order valence-corrected chi connectivity index (χ0v) is 9.96. The lowest BCUT2D eigenvalue weighted by Gasteiger charge is -2.47. The van der Waals surface area contributed by atoms with Crippen LogP contribution in [0, 0.1) is 0 Å². The van der Waals surface area contributed by atoms with Crippen LogP contribution in [0.3, 0.4) is 0 Å². The number of hydrogen-bond donors (Lipinski definition) is 1. The fourth-order valence-corrected chi connectivity index (χ4v) is 3.01. The molecule has 2 aliphatic rings. The van der Waals surface area contributed by atoms with E-state index in [4.69, 9.17) is 4.74 Å². The van der Waals surface area contributed by atoms with Gasteiger partial charge in [-0.25, -0.2) is 0 Å². The minimum absolute atomic E-state index is 0.138. The highest BCUT2D eigenvalue weighted by Gasteiger charge is 2.38. The van der Waals surface area contributed by atoms with Gasteiger partial charge in [-0.1, -0.05) is 30.3 Å². The van der Waals surface area contributed by atoms with E-state index in [1.807, 2.05) is 6.07 Å². The Kier molecular flexibility index (Phi) is 3.14. The summed E-state index contributed by atoms with van der Waals surface area (Å²) in [6.45, 7) is 2.51. The zero-order valence-electron chi connectivity index (χ0n) is 9.96. The summed E-state index contributed by atoms with van der Waals surface area (Å²) in [6.07, 6.45) is 1.56. The minimum Gasteiger partial charge on any atom is -0.393 e. The van der Waals surface area contributed by atoms with E-state index in [-0.39, 0.29) is 6.10 Å². The fraction of sp³-hybridized carbons (Fsp3) is 0.571. The van der Waals surface area contributed by atoms with Crippen molar-refractivity contribution in [1.82, 2.24) is 4.90 Å². The first-order chi connectivity index (χ1) is 8.33. The molecule has 92 valence electrons. The standard InChI is InChI=1S/C14H19NO2/c16-14-6-12-9-17-10-13(7-14)15(12)8-11-4-2-1-3-5-11/h1-5,12-14,16H,6-10H2/t12-,13?,14+/m1/s1. The molecule has 1 aromatic rings. The van der Waals surface area contributed by atoms with Gasteiger partial charge in [-0.2, -0.15) is 0 Å². The molecular weight excluding hydrogens is 214 g/mol. The van der Waals surface area contributed by atoms with E-state index >= 15 is 0 Å². The highest BCUT2D eigenvalue weighted by atomic mass is 16.5. The van der Waals surface area contributed by atoms with Gasteiger partial charge in [0.05, 0.1) is 19.3 Å². The van der Waals surface area contributed by atoms with Crippen molar-refractivity contribution in [2.75, 3.05) is 13.2 Å². The largest absolute Gasteiger partial charge is 0.393 e. The Balaban J connectivity index is 1.74. The summed E-state index contributed by atoms with van der Waals surface area (Å²) < 4.78 is 5.60. The Bertz CT molecular complexity index is 354. The van der Waals surface area contributed by atoms with Gasteiger partial charge < -0.3 is 9.84 Å². The maximum atomic E-state index is 9.82. The Morgan fingerprint density at radius 1 is 1.12 bits per heavy atom. The van der Waals surface area contributed by atoms with E-state index in [2.05, 4.69) is 29.2 Å². The molecule has 3 nitrogen and oxygen atoms in total. The van der Waals surface area contributed by atoms with E-state index in [1.54, 1.807) is 0 Å². The monoisotopic (exact) mass is 233 g/mol. The topological polar surface area (TPSA) is 32.7 Å². The molecule has 1 aromatic carbocycles. The molecule has 0 aliphatic carbocycles. The maximum Gasteiger partial charge on any atom is 0.0623 e. The number of morpholine rings is 1. The van der Waals surface area contributed by atoms with Gasteiger partial charge in [0.15, 0.2) is 0 Å². The molecule has 1 N–H and O–H groups in total. The molecule has 2 fully saturated rings. The smallest absolute Gasteiger partial charge is 0.0623 e. The lowest BCUT2D eigenvalue weighted by molar-refractivity contribution is -0.108. The fourth-order valence-electron chi connectivity index (χ4n) is 3.01. The van der Waals surface area contributed by atoms with Gasteiger partial charge in [0, 0.05) is 18.6 Å². The number of aliphatic hydroxyl groups excluding tert-OH is 1. The highest BCUT2D eigenvalue weighted by Crippen LogP contribution is 2.29. The van der Waals surface area contributed by atoms with E-state index in [0.717, 1.165) is 32.6 Å². The van der Waals surface area contributed by atoms with Crippen LogP contribution in [0.5, 0.6) is 0 Å². The van der Waals surface area contributed by atoms with Crippen molar-refractivity contribution in [3.63, 3.8) is 0 Å². The predicted molar refractivity (Wildman–Crippen MR) is 65.6 cm³/mol. The number of piperidine rings is 1. The molecule has 0 amide bonds. The van der Waals surface area contributed by atoms with Crippen molar-refractivity contribution in [2.24, 2.45) is 0 Å². The average Bonchev–Trinajstić information content (AvgIpc) is 2.32. The van der Waals surface area contributed by atoms with Crippen molar-refractivity contribution in [1.29, 1.82) is 0 Å². The van der Waals surface area contributed by atoms with Crippen LogP contribution in [0.4, 0.5) is 0 Å². The van der Waals surface area contributed by atoms with Crippen molar-refractivity contribution in [3.05, 3.63) is 35.9 Å². The van der Waals surface area contributed by atoms with Gasteiger partial charge in [-0.3, -0.25) is 4.90 Å². The number of rotatable bonds is 2. The minimum atomic E-state index is -0.138. The summed E-state index contributed by atoms with van der Waals surface area (Å²) in [4.78, 5) is 2.51. The van der Waals surface area contributed by atoms with Crippen LogP contribution in [0.15, 0.2) is 30.3 Å². The highest BCUT2D eigenvalue weighted by molar-refractivity contribution is 5.15.